The first kappa shape index (κ1) is 13.4. The Morgan fingerprint density at radius 3 is 3.10 bits per heavy atom. The van der Waals surface area contributed by atoms with Crippen LogP contribution in [-0.4, -0.2) is 33.1 Å². The lowest BCUT2D eigenvalue weighted by molar-refractivity contribution is 0.414. The predicted molar refractivity (Wildman–Crippen MR) is 76.7 cm³/mol. The minimum Gasteiger partial charge on any atom is -0.497 e. The van der Waals surface area contributed by atoms with Crippen LogP contribution in [0.25, 0.3) is 0 Å². The minimum atomic E-state index is -0.0700. The van der Waals surface area contributed by atoms with Gasteiger partial charge in [-0.1, -0.05) is 23.9 Å². The summed E-state index contributed by atoms with van der Waals surface area (Å²) < 4.78 is 7.12. The van der Waals surface area contributed by atoms with E-state index in [0.29, 0.717) is 6.04 Å². The molecule has 20 heavy (non-hydrogen) atoms. The molecule has 1 aromatic heterocycles. The van der Waals surface area contributed by atoms with Crippen molar-refractivity contribution in [3.8, 4) is 5.75 Å². The van der Waals surface area contributed by atoms with Gasteiger partial charge in [-0.3, -0.25) is 0 Å². The molecule has 1 aliphatic rings. The van der Waals surface area contributed by atoms with Crippen LogP contribution in [0.3, 0.4) is 0 Å². The standard InChI is InChI=1S/C13H17N5OS/c1-19-11-4-2-3-9(7-11)12(14)8-20-13-15-16-17-18(13)10-5-6-10/h2-4,7,10,12H,5-6,8,14H2,1H3. The Kier molecular flexibility index (Phi) is 3.88. The number of hydrogen-bond donors (Lipinski definition) is 1. The van der Waals surface area contributed by atoms with Crippen LogP contribution >= 0.6 is 11.8 Å². The lowest BCUT2D eigenvalue weighted by Gasteiger charge is -2.12. The van der Waals surface area contributed by atoms with Crippen molar-refractivity contribution in [2.45, 2.75) is 30.1 Å². The molecular weight excluding hydrogens is 274 g/mol. The van der Waals surface area contributed by atoms with Crippen LogP contribution < -0.4 is 10.5 Å². The van der Waals surface area contributed by atoms with Gasteiger partial charge in [-0.05, 0) is 41.0 Å². The van der Waals surface area contributed by atoms with Crippen LogP contribution in [0.15, 0.2) is 29.4 Å². The van der Waals surface area contributed by atoms with E-state index >= 15 is 0 Å². The molecule has 6 nitrogen and oxygen atoms in total. The van der Waals surface area contributed by atoms with E-state index in [1.54, 1.807) is 18.9 Å². The molecule has 106 valence electrons. The molecular formula is C13H17N5OS. The highest BCUT2D eigenvalue weighted by Crippen LogP contribution is 2.36. The Hall–Kier alpha value is -1.60. The van der Waals surface area contributed by atoms with Crippen LogP contribution in [-0.2, 0) is 0 Å². The zero-order valence-corrected chi connectivity index (χ0v) is 12.1. The number of thioether (sulfide) groups is 1. The lowest BCUT2D eigenvalue weighted by atomic mass is 10.1. The summed E-state index contributed by atoms with van der Waals surface area (Å²) in [6.07, 6.45) is 2.33. The number of benzene rings is 1. The molecule has 2 N–H and O–H groups in total. The van der Waals surface area contributed by atoms with E-state index in [-0.39, 0.29) is 6.04 Å². The first-order valence-corrected chi connectivity index (χ1v) is 7.56. The monoisotopic (exact) mass is 291 g/mol. The molecule has 1 aromatic carbocycles. The molecule has 1 heterocycles. The summed E-state index contributed by atoms with van der Waals surface area (Å²) in [6, 6.07) is 8.26. The summed E-state index contributed by atoms with van der Waals surface area (Å²) in [6.45, 7) is 0. The highest BCUT2D eigenvalue weighted by molar-refractivity contribution is 7.99. The second-order valence-corrected chi connectivity index (χ2v) is 5.82. The summed E-state index contributed by atoms with van der Waals surface area (Å²) in [5.74, 6) is 1.56. The lowest BCUT2D eigenvalue weighted by Crippen LogP contribution is -2.13. The van der Waals surface area contributed by atoms with Crippen LogP contribution in [0.1, 0.15) is 30.5 Å². The fraction of sp³-hybridized carbons (Fsp3) is 0.462. The van der Waals surface area contributed by atoms with E-state index < -0.39 is 0 Å². The van der Waals surface area contributed by atoms with Crippen LogP contribution in [0.5, 0.6) is 5.75 Å². The Morgan fingerprint density at radius 1 is 1.50 bits per heavy atom. The number of hydrogen-bond acceptors (Lipinski definition) is 6. The quantitative estimate of drug-likeness (QED) is 0.818. The van der Waals surface area contributed by atoms with Gasteiger partial charge in [0.25, 0.3) is 0 Å². The van der Waals surface area contributed by atoms with Gasteiger partial charge in [0.1, 0.15) is 5.75 Å². The number of rotatable bonds is 6. The number of nitrogens with zero attached hydrogens (tertiary/aromatic N) is 4. The van der Waals surface area contributed by atoms with Crippen molar-refractivity contribution >= 4 is 11.8 Å². The van der Waals surface area contributed by atoms with Gasteiger partial charge < -0.3 is 10.5 Å². The van der Waals surface area contributed by atoms with Gasteiger partial charge in [-0.15, -0.1) is 5.10 Å². The number of nitrogens with two attached hydrogens (primary N) is 1. The van der Waals surface area contributed by atoms with Crippen molar-refractivity contribution in [2.75, 3.05) is 12.9 Å². The number of tetrazole rings is 1. The van der Waals surface area contributed by atoms with Crippen molar-refractivity contribution < 1.29 is 4.74 Å². The van der Waals surface area contributed by atoms with Gasteiger partial charge >= 0.3 is 0 Å². The Labute approximate surface area is 121 Å². The Balaban J connectivity index is 1.63. The molecule has 0 spiro atoms. The normalized spacial score (nSPS) is 16.1. The molecule has 0 aliphatic heterocycles. The highest BCUT2D eigenvalue weighted by atomic mass is 32.2. The Morgan fingerprint density at radius 2 is 2.35 bits per heavy atom. The third-order valence-corrected chi connectivity index (χ3v) is 4.32. The van der Waals surface area contributed by atoms with E-state index in [0.717, 1.165) is 22.2 Å². The van der Waals surface area contributed by atoms with Crippen molar-refractivity contribution in [3.63, 3.8) is 0 Å². The molecule has 2 aromatic rings. The first-order valence-electron chi connectivity index (χ1n) is 6.58. The largest absolute Gasteiger partial charge is 0.497 e. The highest BCUT2D eigenvalue weighted by Gasteiger charge is 2.28. The third-order valence-electron chi connectivity index (χ3n) is 3.27. The summed E-state index contributed by atoms with van der Waals surface area (Å²) in [5.41, 5.74) is 7.28. The SMILES string of the molecule is COc1cccc(C(N)CSc2nnnn2C2CC2)c1. The summed E-state index contributed by atoms with van der Waals surface area (Å²) >= 11 is 1.60. The smallest absolute Gasteiger partial charge is 0.209 e. The van der Waals surface area contributed by atoms with Crippen molar-refractivity contribution in [3.05, 3.63) is 29.8 Å². The average molecular weight is 291 g/mol. The molecule has 1 saturated carbocycles. The van der Waals surface area contributed by atoms with Gasteiger partial charge in [0.2, 0.25) is 5.16 Å². The third kappa shape index (κ3) is 2.94. The van der Waals surface area contributed by atoms with E-state index in [9.17, 15) is 0 Å². The van der Waals surface area contributed by atoms with Gasteiger partial charge in [0, 0.05) is 11.8 Å². The molecule has 0 saturated heterocycles. The first-order chi connectivity index (χ1) is 9.78. The van der Waals surface area contributed by atoms with Gasteiger partial charge in [-0.2, -0.15) is 0 Å². The summed E-state index contributed by atoms with van der Waals surface area (Å²) in [4.78, 5) is 0. The van der Waals surface area contributed by atoms with Crippen molar-refractivity contribution in [1.29, 1.82) is 0 Å². The zero-order chi connectivity index (χ0) is 13.9. The minimum absolute atomic E-state index is 0.0700. The van der Waals surface area contributed by atoms with E-state index in [1.165, 1.54) is 12.8 Å². The number of aromatic nitrogens is 4. The Bertz CT molecular complexity index is 584. The van der Waals surface area contributed by atoms with Crippen LogP contribution in [0.4, 0.5) is 0 Å². The number of ether oxygens (including phenoxy) is 1. The van der Waals surface area contributed by atoms with Crippen molar-refractivity contribution in [2.24, 2.45) is 5.73 Å². The predicted octanol–water partition coefficient (Wildman–Crippen LogP) is 1.81. The van der Waals surface area contributed by atoms with Crippen LogP contribution in [0, 0.1) is 0 Å². The molecule has 0 amide bonds. The molecule has 7 heteroatoms. The van der Waals surface area contributed by atoms with Gasteiger partial charge in [0.15, 0.2) is 0 Å². The maximum absolute atomic E-state index is 6.22. The second-order valence-electron chi connectivity index (χ2n) is 4.83. The van der Waals surface area contributed by atoms with E-state index in [4.69, 9.17) is 10.5 Å². The molecule has 3 rings (SSSR count). The van der Waals surface area contributed by atoms with E-state index in [1.807, 2.05) is 28.9 Å². The average Bonchev–Trinajstić information content (AvgIpc) is 3.23. The van der Waals surface area contributed by atoms with E-state index in [2.05, 4.69) is 15.5 Å². The fourth-order valence-corrected chi connectivity index (χ4v) is 2.89. The van der Waals surface area contributed by atoms with Crippen molar-refractivity contribution in [1.82, 2.24) is 20.2 Å². The fourth-order valence-electron chi connectivity index (χ4n) is 1.96. The zero-order valence-electron chi connectivity index (χ0n) is 11.3. The molecule has 0 bridgehead atoms. The molecule has 1 aliphatic carbocycles. The second kappa shape index (κ2) is 5.80. The van der Waals surface area contributed by atoms with Gasteiger partial charge in [-0.25, -0.2) is 4.68 Å². The molecule has 1 unspecified atom stereocenters. The van der Waals surface area contributed by atoms with Gasteiger partial charge in [0.05, 0.1) is 13.2 Å². The summed E-state index contributed by atoms with van der Waals surface area (Å²) in [5, 5.41) is 12.7. The van der Waals surface area contributed by atoms with Crippen LogP contribution in [0.2, 0.25) is 0 Å². The topological polar surface area (TPSA) is 78.8 Å². The molecule has 1 fully saturated rings. The summed E-state index contributed by atoms with van der Waals surface area (Å²) in [7, 11) is 1.66. The molecule has 1 atom stereocenters. The molecule has 0 radical (unpaired) electrons. The maximum Gasteiger partial charge on any atom is 0.209 e. The number of methoxy groups -OCH3 is 1. The maximum atomic E-state index is 6.22.